The number of H-pyrrole nitrogens is 1. The van der Waals surface area contributed by atoms with Gasteiger partial charge in [0.05, 0.1) is 11.9 Å². The molecular formula is C19H23FN6O. The molecule has 0 aliphatic carbocycles. The van der Waals surface area contributed by atoms with E-state index in [1.165, 1.54) is 16.8 Å². The summed E-state index contributed by atoms with van der Waals surface area (Å²) < 4.78 is 16.4. The van der Waals surface area contributed by atoms with Gasteiger partial charge in [0.15, 0.2) is 0 Å². The van der Waals surface area contributed by atoms with Crippen LogP contribution in [-0.2, 0) is 26.6 Å². The molecule has 2 aromatic heterocycles. The largest absolute Gasteiger partial charge is 0.345 e. The van der Waals surface area contributed by atoms with Crippen LogP contribution >= 0.6 is 0 Å². The fourth-order valence-electron chi connectivity index (χ4n) is 3.82. The number of fused-ring (bicyclic) bond motifs is 1. The van der Waals surface area contributed by atoms with Crippen LogP contribution < -0.4 is 5.69 Å². The van der Waals surface area contributed by atoms with Crippen molar-refractivity contribution in [3.63, 3.8) is 0 Å². The summed E-state index contributed by atoms with van der Waals surface area (Å²) in [5.41, 5.74) is 2.86. The molecule has 0 radical (unpaired) electrons. The average molecular weight is 370 g/mol. The van der Waals surface area contributed by atoms with E-state index in [9.17, 15) is 9.18 Å². The molecule has 0 spiro atoms. The highest BCUT2D eigenvalue weighted by atomic mass is 19.1. The first-order chi connectivity index (χ1) is 13.0. The molecule has 0 saturated heterocycles. The molecule has 7 nitrogen and oxygen atoms in total. The van der Waals surface area contributed by atoms with Crippen molar-refractivity contribution in [1.29, 1.82) is 0 Å². The van der Waals surface area contributed by atoms with Gasteiger partial charge >= 0.3 is 5.69 Å². The lowest BCUT2D eigenvalue weighted by Crippen LogP contribution is -2.32. The van der Waals surface area contributed by atoms with Crippen molar-refractivity contribution >= 4 is 0 Å². The van der Waals surface area contributed by atoms with E-state index in [0.717, 1.165) is 48.5 Å². The van der Waals surface area contributed by atoms with Crippen LogP contribution in [0.3, 0.4) is 0 Å². The van der Waals surface area contributed by atoms with Gasteiger partial charge in [0.1, 0.15) is 11.6 Å². The Kier molecular flexibility index (Phi) is 4.65. The van der Waals surface area contributed by atoms with Crippen LogP contribution in [-0.4, -0.2) is 42.5 Å². The highest BCUT2D eigenvalue weighted by Gasteiger charge is 2.23. The minimum atomic E-state index is -0.251. The van der Waals surface area contributed by atoms with Crippen LogP contribution in [0.1, 0.15) is 24.2 Å². The second kappa shape index (κ2) is 7.11. The average Bonchev–Trinajstić information content (AvgIpc) is 3.14. The monoisotopic (exact) mass is 370 g/mol. The second-order valence-corrected chi connectivity index (χ2v) is 7.15. The normalized spacial score (nSPS) is 17.1. The van der Waals surface area contributed by atoms with Crippen molar-refractivity contribution in [2.24, 2.45) is 7.05 Å². The molecule has 142 valence electrons. The molecule has 0 amide bonds. The summed E-state index contributed by atoms with van der Waals surface area (Å²) in [5.74, 6) is 0.618. The molecule has 0 fully saturated rings. The fourth-order valence-corrected chi connectivity index (χ4v) is 3.82. The lowest BCUT2D eigenvalue weighted by Gasteiger charge is -2.26. The molecule has 3 aromatic rings. The first-order valence-electron chi connectivity index (χ1n) is 9.14. The number of aromatic nitrogens is 5. The van der Waals surface area contributed by atoms with E-state index < -0.39 is 0 Å². The maximum Gasteiger partial charge on any atom is 0.345 e. The van der Waals surface area contributed by atoms with Crippen molar-refractivity contribution < 1.29 is 4.39 Å². The summed E-state index contributed by atoms with van der Waals surface area (Å²) in [5, 5.41) is 11.6. The summed E-state index contributed by atoms with van der Waals surface area (Å²) in [6.45, 7) is 1.42. The Morgan fingerprint density at radius 1 is 1.30 bits per heavy atom. The number of aryl methyl sites for hydroxylation is 2. The summed E-state index contributed by atoms with van der Waals surface area (Å²) in [4.78, 5) is 14.4. The van der Waals surface area contributed by atoms with E-state index in [1.54, 1.807) is 23.7 Å². The van der Waals surface area contributed by atoms with Crippen LogP contribution in [0.5, 0.6) is 0 Å². The highest BCUT2D eigenvalue weighted by Crippen LogP contribution is 2.24. The molecule has 1 aliphatic rings. The quantitative estimate of drug-likeness (QED) is 0.762. The van der Waals surface area contributed by atoms with Crippen molar-refractivity contribution in [2.75, 3.05) is 7.05 Å². The van der Waals surface area contributed by atoms with Crippen LogP contribution in [0.15, 0.2) is 35.3 Å². The Morgan fingerprint density at radius 3 is 2.85 bits per heavy atom. The van der Waals surface area contributed by atoms with Crippen LogP contribution in [0.4, 0.5) is 4.39 Å². The number of nitrogens with zero attached hydrogens (tertiary/aromatic N) is 5. The van der Waals surface area contributed by atoms with Gasteiger partial charge in [0.25, 0.3) is 0 Å². The molecule has 1 aromatic carbocycles. The zero-order valence-electron chi connectivity index (χ0n) is 15.5. The third-order valence-electron chi connectivity index (χ3n) is 5.37. The molecule has 0 bridgehead atoms. The van der Waals surface area contributed by atoms with Gasteiger partial charge in [-0.05, 0) is 44.2 Å². The summed E-state index contributed by atoms with van der Waals surface area (Å²) in [6, 6.07) is 6.78. The maximum atomic E-state index is 13.2. The number of halogens is 1. The van der Waals surface area contributed by atoms with Gasteiger partial charge in [-0.1, -0.05) is 0 Å². The predicted octanol–water partition coefficient (Wildman–Crippen LogP) is 1.95. The third kappa shape index (κ3) is 3.44. The number of benzene rings is 1. The van der Waals surface area contributed by atoms with Gasteiger partial charge in [-0.3, -0.25) is 14.6 Å². The van der Waals surface area contributed by atoms with E-state index in [4.69, 9.17) is 0 Å². The van der Waals surface area contributed by atoms with E-state index in [1.807, 2.05) is 6.20 Å². The molecule has 1 aliphatic heterocycles. The molecular weight excluding hydrogens is 347 g/mol. The Morgan fingerprint density at radius 2 is 2.07 bits per heavy atom. The van der Waals surface area contributed by atoms with Gasteiger partial charge in [0, 0.05) is 43.7 Å². The van der Waals surface area contributed by atoms with Crippen LogP contribution in [0.2, 0.25) is 0 Å². The maximum absolute atomic E-state index is 13.2. The Bertz CT molecular complexity index is 987. The molecule has 4 rings (SSSR count). The first kappa shape index (κ1) is 17.7. The number of nitrogens with one attached hydrogen (secondary N) is 1. The van der Waals surface area contributed by atoms with Gasteiger partial charge in [0.2, 0.25) is 0 Å². The van der Waals surface area contributed by atoms with E-state index in [2.05, 4.69) is 27.2 Å². The predicted molar refractivity (Wildman–Crippen MR) is 99.6 cm³/mol. The topological polar surface area (TPSA) is 71.7 Å². The van der Waals surface area contributed by atoms with Gasteiger partial charge in [-0.25, -0.2) is 13.9 Å². The Balaban J connectivity index is 1.47. The zero-order valence-corrected chi connectivity index (χ0v) is 15.5. The minimum Gasteiger partial charge on any atom is -0.299 e. The number of hydrogen-bond acceptors (Lipinski definition) is 4. The molecule has 1 atom stereocenters. The smallest absolute Gasteiger partial charge is 0.299 e. The fraction of sp³-hybridized carbons (Fsp3) is 0.421. The van der Waals surface area contributed by atoms with E-state index in [0.29, 0.717) is 12.6 Å². The van der Waals surface area contributed by atoms with Crippen molar-refractivity contribution in [2.45, 2.75) is 38.4 Å². The van der Waals surface area contributed by atoms with E-state index in [-0.39, 0.29) is 11.5 Å². The SMILES string of the molecule is CN(Cc1cn[nH]c1-c1ccc(F)cc1)C1CCc2nn(C)c(=O)n2CC1. The summed E-state index contributed by atoms with van der Waals surface area (Å²) in [6.07, 6.45) is 4.48. The number of hydrogen-bond donors (Lipinski definition) is 1. The third-order valence-corrected chi connectivity index (χ3v) is 5.37. The highest BCUT2D eigenvalue weighted by molar-refractivity contribution is 5.62. The molecule has 3 heterocycles. The number of aromatic amines is 1. The lowest BCUT2D eigenvalue weighted by atomic mass is 10.0. The summed E-state index contributed by atoms with van der Waals surface area (Å²) in [7, 11) is 3.79. The Hall–Kier alpha value is -2.74. The lowest BCUT2D eigenvalue weighted by molar-refractivity contribution is 0.210. The standard InChI is InChI=1S/C19H23FN6O/c1-24(16-7-8-17-23-25(2)19(27)26(17)10-9-16)12-14-11-21-22-18(14)13-3-5-15(20)6-4-13/h3-6,11,16H,7-10,12H2,1-2H3,(H,21,22). The van der Waals surface area contributed by atoms with E-state index >= 15 is 0 Å². The summed E-state index contributed by atoms with van der Waals surface area (Å²) >= 11 is 0. The minimum absolute atomic E-state index is 0.0401. The van der Waals surface area contributed by atoms with Crippen molar-refractivity contribution in [3.05, 3.63) is 58.2 Å². The van der Waals surface area contributed by atoms with Crippen molar-refractivity contribution in [1.82, 2.24) is 29.4 Å². The molecule has 1 N–H and O–H groups in total. The molecule has 0 saturated carbocycles. The molecule has 8 heteroatoms. The molecule has 1 unspecified atom stereocenters. The van der Waals surface area contributed by atoms with Crippen LogP contribution in [0.25, 0.3) is 11.3 Å². The molecule has 27 heavy (non-hydrogen) atoms. The number of rotatable bonds is 4. The van der Waals surface area contributed by atoms with Crippen molar-refractivity contribution in [3.8, 4) is 11.3 Å². The van der Waals surface area contributed by atoms with Crippen LogP contribution in [0, 0.1) is 5.82 Å². The van der Waals surface area contributed by atoms with Gasteiger partial charge < -0.3 is 0 Å². The van der Waals surface area contributed by atoms with Gasteiger partial charge in [-0.15, -0.1) is 0 Å². The van der Waals surface area contributed by atoms with Gasteiger partial charge in [-0.2, -0.15) is 10.2 Å². The second-order valence-electron chi connectivity index (χ2n) is 7.15. The Labute approximate surface area is 156 Å². The zero-order chi connectivity index (χ0) is 19.0. The first-order valence-corrected chi connectivity index (χ1v) is 9.14.